The van der Waals surface area contributed by atoms with Crippen LogP contribution in [0.15, 0.2) is 44.9 Å². The van der Waals surface area contributed by atoms with Crippen LogP contribution in [0.1, 0.15) is 5.56 Å². The Morgan fingerprint density at radius 1 is 1.04 bits per heavy atom. The van der Waals surface area contributed by atoms with E-state index in [2.05, 4.69) is 4.98 Å². The van der Waals surface area contributed by atoms with Gasteiger partial charge in [-0.1, -0.05) is 0 Å². The van der Waals surface area contributed by atoms with Gasteiger partial charge in [-0.2, -0.15) is 0 Å². The van der Waals surface area contributed by atoms with Crippen LogP contribution in [0.4, 0.5) is 0 Å². The van der Waals surface area contributed by atoms with Crippen molar-refractivity contribution in [3.63, 3.8) is 0 Å². The fourth-order valence-electron chi connectivity index (χ4n) is 2.69. The Hall–Kier alpha value is -2.74. The van der Waals surface area contributed by atoms with E-state index < -0.39 is 5.69 Å². The highest BCUT2D eigenvalue weighted by molar-refractivity contribution is 7.98. The van der Waals surface area contributed by atoms with Gasteiger partial charge in [0.15, 0.2) is 0 Å². The molecule has 0 radical (unpaired) electrons. The summed E-state index contributed by atoms with van der Waals surface area (Å²) in [5.74, 6) is 2.02. The second-order valence-corrected chi connectivity index (χ2v) is 6.74. The maximum absolute atomic E-state index is 12.6. The summed E-state index contributed by atoms with van der Waals surface area (Å²) in [6.07, 6.45) is 1.61. The monoisotopic (exact) mass is 373 g/mol. The molecule has 0 saturated carbocycles. The van der Waals surface area contributed by atoms with E-state index in [0.717, 1.165) is 15.0 Å². The zero-order valence-corrected chi connectivity index (χ0v) is 15.8. The van der Waals surface area contributed by atoms with Crippen LogP contribution in [0, 0.1) is 0 Å². The molecule has 0 spiro atoms. The molecule has 0 atom stereocenters. The number of benzene rings is 1. The molecule has 0 amide bonds. The van der Waals surface area contributed by atoms with Gasteiger partial charge in [0.1, 0.15) is 17.1 Å². The van der Waals surface area contributed by atoms with Crippen molar-refractivity contribution < 1.29 is 9.47 Å². The van der Waals surface area contributed by atoms with Crippen molar-refractivity contribution in [2.24, 2.45) is 14.1 Å². The van der Waals surface area contributed by atoms with E-state index in [4.69, 9.17) is 9.47 Å². The average molecular weight is 373 g/mol. The third-order valence-corrected chi connectivity index (χ3v) is 5.24. The van der Waals surface area contributed by atoms with Gasteiger partial charge in [-0.15, -0.1) is 11.8 Å². The summed E-state index contributed by atoms with van der Waals surface area (Å²) in [5.41, 5.74) is 0.640. The first-order valence-corrected chi connectivity index (χ1v) is 8.84. The van der Waals surface area contributed by atoms with Gasteiger partial charge in [-0.25, -0.2) is 9.78 Å². The third kappa shape index (κ3) is 3.20. The predicted molar refractivity (Wildman–Crippen MR) is 101 cm³/mol. The van der Waals surface area contributed by atoms with Crippen LogP contribution in [-0.4, -0.2) is 28.3 Å². The minimum absolute atomic E-state index is 0.345. The molecule has 26 heavy (non-hydrogen) atoms. The smallest absolute Gasteiger partial charge is 0.332 e. The van der Waals surface area contributed by atoms with Gasteiger partial charge in [0.05, 0.1) is 19.6 Å². The summed E-state index contributed by atoms with van der Waals surface area (Å²) in [7, 11) is 6.29. The highest BCUT2D eigenvalue weighted by atomic mass is 32.2. The second-order valence-electron chi connectivity index (χ2n) is 5.72. The number of aryl methyl sites for hydroxylation is 1. The molecule has 1 aromatic carbocycles. The molecule has 0 N–H and O–H groups in total. The van der Waals surface area contributed by atoms with E-state index in [9.17, 15) is 9.59 Å². The number of nitrogens with zero attached hydrogens (tertiary/aromatic N) is 3. The number of thioether (sulfide) groups is 1. The molecule has 0 bridgehead atoms. The van der Waals surface area contributed by atoms with Crippen LogP contribution < -0.4 is 20.7 Å². The van der Waals surface area contributed by atoms with Gasteiger partial charge in [0.25, 0.3) is 5.56 Å². The minimum atomic E-state index is -0.394. The number of hydrogen-bond donors (Lipinski definition) is 0. The number of pyridine rings is 1. The van der Waals surface area contributed by atoms with E-state index in [1.807, 2.05) is 18.2 Å². The van der Waals surface area contributed by atoms with Gasteiger partial charge in [0.2, 0.25) is 0 Å². The molecule has 7 nitrogen and oxygen atoms in total. The fraction of sp³-hybridized carbons (Fsp3) is 0.278. The van der Waals surface area contributed by atoms with Crippen molar-refractivity contribution >= 4 is 22.8 Å². The Labute approximate surface area is 154 Å². The van der Waals surface area contributed by atoms with Crippen LogP contribution in [0.25, 0.3) is 11.0 Å². The molecule has 0 aliphatic carbocycles. The Morgan fingerprint density at radius 2 is 1.69 bits per heavy atom. The summed E-state index contributed by atoms with van der Waals surface area (Å²) in [4.78, 5) is 29.7. The van der Waals surface area contributed by atoms with Crippen molar-refractivity contribution in [2.75, 3.05) is 14.2 Å². The summed E-state index contributed by atoms with van der Waals surface area (Å²) in [6.45, 7) is 0. The van der Waals surface area contributed by atoms with E-state index in [1.54, 1.807) is 33.5 Å². The lowest BCUT2D eigenvalue weighted by Gasteiger charge is -2.11. The summed E-state index contributed by atoms with van der Waals surface area (Å²) >= 11 is 1.50. The van der Waals surface area contributed by atoms with Crippen LogP contribution in [0.3, 0.4) is 0 Å². The maximum Gasteiger partial charge on any atom is 0.332 e. The number of ether oxygens (including phenoxy) is 2. The Balaban J connectivity index is 2.03. The topological polar surface area (TPSA) is 75.4 Å². The standard InChI is InChI=1S/C18H19N3O4S/c1-20-16-15(17(22)21(2)18(20)23)14(5-6-19-16)26-10-11-7-12(24-3)9-13(8-11)25-4/h5-9H,10H2,1-4H3. The van der Waals surface area contributed by atoms with Crippen molar-refractivity contribution in [3.05, 3.63) is 56.9 Å². The fourth-order valence-corrected chi connectivity index (χ4v) is 3.66. The largest absolute Gasteiger partial charge is 0.497 e. The number of hydrogen-bond acceptors (Lipinski definition) is 6. The second kappa shape index (κ2) is 7.25. The molecule has 0 unspecified atom stereocenters. The molecule has 8 heteroatoms. The zero-order chi connectivity index (χ0) is 18.8. The van der Waals surface area contributed by atoms with Crippen molar-refractivity contribution in [2.45, 2.75) is 10.6 Å². The van der Waals surface area contributed by atoms with Gasteiger partial charge < -0.3 is 9.47 Å². The molecular formula is C18H19N3O4S. The van der Waals surface area contributed by atoms with Crippen LogP contribution in [0.5, 0.6) is 11.5 Å². The predicted octanol–water partition coefficient (Wildman–Crippen LogP) is 1.94. The van der Waals surface area contributed by atoms with Crippen LogP contribution >= 0.6 is 11.8 Å². The average Bonchev–Trinajstić information content (AvgIpc) is 2.68. The van der Waals surface area contributed by atoms with E-state index in [0.29, 0.717) is 28.3 Å². The van der Waals surface area contributed by atoms with Crippen molar-refractivity contribution in [1.82, 2.24) is 14.1 Å². The van der Waals surface area contributed by atoms with Gasteiger partial charge in [0, 0.05) is 37.0 Å². The first-order chi connectivity index (χ1) is 12.5. The van der Waals surface area contributed by atoms with Gasteiger partial charge in [-0.05, 0) is 23.8 Å². The summed E-state index contributed by atoms with van der Waals surface area (Å²) in [5, 5.41) is 0.442. The molecule has 136 valence electrons. The minimum Gasteiger partial charge on any atom is -0.497 e. The Morgan fingerprint density at radius 3 is 2.31 bits per heavy atom. The zero-order valence-electron chi connectivity index (χ0n) is 15.0. The molecule has 0 aliphatic heterocycles. The van der Waals surface area contributed by atoms with E-state index in [-0.39, 0.29) is 5.56 Å². The third-order valence-electron chi connectivity index (χ3n) is 4.11. The lowest BCUT2D eigenvalue weighted by Crippen LogP contribution is -2.37. The molecule has 0 fully saturated rings. The highest BCUT2D eigenvalue weighted by Crippen LogP contribution is 2.30. The first kappa shape index (κ1) is 18.1. The van der Waals surface area contributed by atoms with Crippen molar-refractivity contribution in [1.29, 1.82) is 0 Å². The first-order valence-electron chi connectivity index (χ1n) is 7.85. The number of fused-ring (bicyclic) bond motifs is 1. The Bertz CT molecular complexity index is 1070. The molecule has 3 aromatic rings. The van der Waals surface area contributed by atoms with Crippen LogP contribution in [-0.2, 0) is 19.8 Å². The lowest BCUT2D eigenvalue weighted by atomic mass is 10.2. The lowest BCUT2D eigenvalue weighted by molar-refractivity contribution is 0.393. The molecule has 2 heterocycles. The highest BCUT2D eigenvalue weighted by Gasteiger charge is 2.14. The number of aromatic nitrogens is 3. The van der Waals surface area contributed by atoms with Crippen LogP contribution in [0.2, 0.25) is 0 Å². The maximum atomic E-state index is 12.6. The quantitative estimate of drug-likeness (QED) is 0.636. The summed E-state index contributed by atoms with van der Waals surface area (Å²) < 4.78 is 13.1. The molecule has 0 saturated heterocycles. The summed E-state index contributed by atoms with van der Waals surface area (Å²) in [6, 6.07) is 7.44. The number of methoxy groups -OCH3 is 2. The SMILES string of the molecule is COc1cc(CSc2ccnc3c2c(=O)n(C)c(=O)n3C)cc(OC)c1. The molecule has 2 aromatic heterocycles. The molecule has 0 aliphatic rings. The van der Waals surface area contributed by atoms with Gasteiger partial charge in [-0.3, -0.25) is 13.9 Å². The van der Waals surface area contributed by atoms with Crippen molar-refractivity contribution in [3.8, 4) is 11.5 Å². The van der Waals surface area contributed by atoms with E-state index in [1.165, 1.54) is 23.4 Å². The Kier molecular flexibility index (Phi) is 5.03. The molecule has 3 rings (SSSR count). The van der Waals surface area contributed by atoms with E-state index >= 15 is 0 Å². The number of rotatable bonds is 5. The van der Waals surface area contributed by atoms with Gasteiger partial charge >= 0.3 is 5.69 Å². The normalized spacial score (nSPS) is 10.9. The molecular weight excluding hydrogens is 354 g/mol.